The molecule has 1 heterocycles. The minimum Gasteiger partial charge on any atom is -0.497 e. The highest BCUT2D eigenvalue weighted by atomic mass is 32.1. The van der Waals surface area contributed by atoms with Crippen molar-refractivity contribution in [3.8, 4) is 17.0 Å². The van der Waals surface area contributed by atoms with Crippen molar-refractivity contribution in [2.75, 3.05) is 12.4 Å². The van der Waals surface area contributed by atoms with Gasteiger partial charge in [0.05, 0.1) is 18.8 Å². The Bertz CT molecular complexity index is 745. The maximum Gasteiger partial charge on any atom is 0.320 e. The molecule has 0 fully saturated rings. The molecule has 2 rings (SSSR count). The Hall–Kier alpha value is -2.45. The van der Waals surface area contributed by atoms with Crippen LogP contribution in [0.3, 0.4) is 0 Å². The summed E-state index contributed by atoms with van der Waals surface area (Å²) in [5.74, 6) is -0.511. The molecule has 7 nitrogen and oxygen atoms in total. The van der Waals surface area contributed by atoms with Crippen LogP contribution in [0.2, 0.25) is 0 Å². The average molecular weight is 377 g/mol. The van der Waals surface area contributed by atoms with Crippen LogP contribution >= 0.6 is 11.3 Å². The zero-order chi connectivity index (χ0) is 19.1. The Balaban J connectivity index is 1.98. The summed E-state index contributed by atoms with van der Waals surface area (Å²) in [6, 6.07) is 6.10. The number of hydrogen-bond acceptors (Lipinski definition) is 6. The van der Waals surface area contributed by atoms with Crippen molar-refractivity contribution in [2.24, 2.45) is 0 Å². The number of anilines is 1. The molecule has 2 atom stereocenters. The van der Waals surface area contributed by atoms with Crippen LogP contribution in [0.5, 0.6) is 5.75 Å². The number of nitrogens with one attached hydrogen (secondary N) is 2. The number of nitrogens with zero attached hydrogens (tertiary/aromatic N) is 1. The van der Waals surface area contributed by atoms with E-state index >= 15 is 0 Å². The summed E-state index contributed by atoms with van der Waals surface area (Å²) >= 11 is 1.32. The lowest BCUT2D eigenvalue weighted by Gasteiger charge is -2.18. The molecular formula is C18H23N3O4S. The van der Waals surface area contributed by atoms with Crippen LogP contribution in [0, 0.1) is 0 Å². The molecule has 0 aliphatic heterocycles. The quantitative estimate of drug-likeness (QED) is 0.621. The number of methoxy groups -OCH3 is 1. The molecule has 3 N–H and O–H groups in total. The smallest absolute Gasteiger partial charge is 0.320 e. The van der Waals surface area contributed by atoms with Gasteiger partial charge in [-0.15, -0.1) is 11.3 Å². The first kappa shape index (κ1) is 19.9. The molecule has 1 aromatic heterocycles. The number of thiazole rings is 1. The SMILES string of the molecule is CCCC(NC(C)C(=O)Nc1nc(-c2ccc(OC)cc2)cs1)C(=O)O. The van der Waals surface area contributed by atoms with Crippen molar-refractivity contribution in [1.29, 1.82) is 0 Å². The van der Waals surface area contributed by atoms with E-state index in [9.17, 15) is 14.7 Å². The van der Waals surface area contributed by atoms with E-state index in [2.05, 4.69) is 15.6 Å². The first-order valence-electron chi connectivity index (χ1n) is 8.34. The fraction of sp³-hybridized carbons (Fsp3) is 0.389. The molecule has 0 saturated heterocycles. The number of carboxylic acids is 1. The van der Waals surface area contributed by atoms with E-state index in [4.69, 9.17) is 4.74 Å². The van der Waals surface area contributed by atoms with Gasteiger partial charge in [-0.2, -0.15) is 0 Å². The molecule has 2 unspecified atom stereocenters. The zero-order valence-electron chi connectivity index (χ0n) is 15.0. The molecule has 2 aromatic rings. The fourth-order valence-corrected chi connectivity index (χ4v) is 3.11. The molecule has 0 spiro atoms. The number of hydrogen-bond donors (Lipinski definition) is 3. The molecular weight excluding hydrogens is 354 g/mol. The predicted molar refractivity (Wildman–Crippen MR) is 102 cm³/mol. The van der Waals surface area contributed by atoms with Crippen molar-refractivity contribution in [3.63, 3.8) is 0 Å². The average Bonchev–Trinajstić information content (AvgIpc) is 3.09. The van der Waals surface area contributed by atoms with E-state index in [-0.39, 0.29) is 5.91 Å². The van der Waals surface area contributed by atoms with Gasteiger partial charge >= 0.3 is 5.97 Å². The Morgan fingerprint density at radius 2 is 2.00 bits per heavy atom. The molecule has 0 radical (unpaired) electrons. The summed E-state index contributed by atoms with van der Waals surface area (Å²) in [6.07, 6.45) is 1.18. The highest BCUT2D eigenvalue weighted by Gasteiger charge is 2.23. The number of aromatic nitrogens is 1. The summed E-state index contributed by atoms with van der Waals surface area (Å²) in [7, 11) is 1.61. The number of aliphatic carboxylic acids is 1. The van der Waals surface area contributed by atoms with Crippen molar-refractivity contribution in [2.45, 2.75) is 38.8 Å². The lowest BCUT2D eigenvalue weighted by molar-refractivity contribution is -0.140. The summed E-state index contributed by atoms with van der Waals surface area (Å²) < 4.78 is 5.13. The minimum atomic E-state index is -0.956. The molecule has 1 aromatic carbocycles. The molecule has 0 aliphatic carbocycles. The van der Waals surface area contributed by atoms with Crippen molar-refractivity contribution < 1.29 is 19.4 Å². The van der Waals surface area contributed by atoms with Crippen LogP contribution in [0.1, 0.15) is 26.7 Å². The van der Waals surface area contributed by atoms with Gasteiger partial charge in [-0.1, -0.05) is 13.3 Å². The van der Waals surface area contributed by atoms with E-state index in [1.807, 2.05) is 36.6 Å². The van der Waals surface area contributed by atoms with Crippen LogP contribution in [0.15, 0.2) is 29.6 Å². The standard InChI is InChI=1S/C18H23N3O4S/c1-4-5-14(17(23)24)19-11(2)16(22)21-18-20-15(10-26-18)12-6-8-13(25-3)9-7-12/h6-11,14,19H,4-5H2,1-3H3,(H,23,24)(H,20,21,22). The third-order valence-electron chi connectivity index (χ3n) is 3.84. The van der Waals surface area contributed by atoms with Crippen LogP contribution in [0.4, 0.5) is 5.13 Å². The van der Waals surface area contributed by atoms with Gasteiger partial charge in [-0.3, -0.25) is 14.9 Å². The van der Waals surface area contributed by atoms with Gasteiger partial charge in [-0.05, 0) is 37.6 Å². The molecule has 26 heavy (non-hydrogen) atoms. The number of carboxylic acid groups (broad SMARTS) is 1. The second-order valence-electron chi connectivity index (χ2n) is 5.82. The van der Waals surface area contributed by atoms with Crippen LogP contribution < -0.4 is 15.4 Å². The van der Waals surface area contributed by atoms with E-state index in [1.54, 1.807) is 14.0 Å². The third kappa shape index (κ3) is 5.27. The summed E-state index contributed by atoms with van der Waals surface area (Å²) in [5, 5.41) is 17.1. The Morgan fingerprint density at radius 1 is 1.31 bits per heavy atom. The Kier molecular flexibility index (Phi) is 7.11. The first-order chi connectivity index (χ1) is 12.4. The number of benzene rings is 1. The Morgan fingerprint density at radius 3 is 2.58 bits per heavy atom. The number of ether oxygens (including phenoxy) is 1. The maximum absolute atomic E-state index is 12.3. The predicted octanol–water partition coefficient (Wildman–Crippen LogP) is 2.99. The monoisotopic (exact) mass is 377 g/mol. The topological polar surface area (TPSA) is 101 Å². The second-order valence-corrected chi connectivity index (χ2v) is 6.68. The van der Waals surface area contributed by atoms with Crippen molar-refractivity contribution >= 4 is 28.3 Å². The lowest BCUT2D eigenvalue weighted by Crippen LogP contribution is -2.47. The van der Waals surface area contributed by atoms with Gasteiger partial charge in [-0.25, -0.2) is 4.98 Å². The molecule has 0 saturated carbocycles. The van der Waals surface area contributed by atoms with Gasteiger partial charge in [0.2, 0.25) is 5.91 Å². The van der Waals surface area contributed by atoms with E-state index < -0.39 is 18.1 Å². The minimum absolute atomic E-state index is 0.317. The summed E-state index contributed by atoms with van der Waals surface area (Å²) in [5.41, 5.74) is 1.67. The van der Waals surface area contributed by atoms with Gasteiger partial charge in [0.15, 0.2) is 5.13 Å². The summed E-state index contributed by atoms with van der Waals surface area (Å²) in [6.45, 7) is 3.54. The van der Waals surface area contributed by atoms with Crippen molar-refractivity contribution in [1.82, 2.24) is 10.3 Å². The number of rotatable bonds is 9. The second kappa shape index (κ2) is 9.30. The van der Waals surface area contributed by atoms with Gasteiger partial charge < -0.3 is 15.2 Å². The highest BCUT2D eigenvalue weighted by molar-refractivity contribution is 7.14. The van der Waals surface area contributed by atoms with E-state index in [0.717, 1.165) is 23.4 Å². The molecule has 0 aliphatic rings. The van der Waals surface area contributed by atoms with E-state index in [0.29, 0.717) is 11.6 Å². The lowest BCUT2D eigenvalue weighted by atomic mass is 10.1. The summed E-state index contributed by atoms with van der Waals surface area (Å²) in [4.78, 5) is 27.9. The molecule has 140 valence electrons. The highest BCUT2D eigenvalue weighted by Crippen LogP contribution is 2.26. The normalized spacial score (nSPS) is 13.0. The Labute approximate surface area is 156 Å². The zero-order valence-corrected chi connectivity index (χ0v) is 15.8. The van der Waals surface area contributed by atoms with E-state index in [1.165, 1.54) is 11.3 Å². The largest absolute Gasteiger partial charge is 0.497 e. The maximum atomic E-state index is 12.3. The van der Waals surface area contributed by atoms with Gasteiger partial charge in [0.1, 0.15) is 11.8 Å². The molecule has 0 bridgehead atoms. The first-order valence-corrected chi connectivity index (χ1v) is 9.22. The number of carbonyl (C=O) groups is 2. The van der Waals surface area contributed by atoms with Gasteiger partial charge in [0, 0.05) is 10.9 Å². The van der Waals surface area contributed by atoms with Crippen LogP contribution in [-0.4, -0.2) is 41.2 Å². The van der Waals surface area contributed by atoms with Gasteiger partial charge in [0.25, 0.3) is 0 Å². The number of amides is 1. The molecule has 8 heteroatoms. The third-order valence-corrected chi connectivity index (χ3v) is 4.60. The van der Waals surface area contributed by atoms with Crippen LogP contribution in [-0.2, 0) is 9.59 Å². The fourth-order valence-electron chi connectivity index (χ4n) is 2.38. The number of carbonyl (C=O) groups excluding carboxylic acids is 1. The van der Waals surface area contributed by atoms with Crippen LogP contribution in [0.25, 0.3) is 11.3 Å². The molecule has 1 amide bonds. The van der Waals surface area contributed by atoms with Crippen molar-refractivity contribution in [3.05, 3.63) is 29.6 Å².